The number of nitrogens with two attached hydrogens (primary N) is 1. The van der Waals surface area contributed by atoms with Crippen LogP contribution >= 0.6 is 27.3 Å². The van der Waals surface area contributed by atoms with Crippen LogP contribution in [0.2, 0.25) is 0 Å². The highest BCUT2D eigenvalue weighted by Crippen LogP contribution is 2.22. The lowest BCUT2D eigenvalue weighted by Crippen LogP contribution is -2.39. The molecular weight excluding hydrogens is 350 g/mol. The third-order valence-electron chi connectivity index (χ3n) is 3.31. The van der Waals surface area contributed by atoms with Gasteiger partial charge in [-0.3, -0.25) is 9.69 Å². The van der Waals surface area contributed by atoms with Gasteiger partial charge in [0.2, 0.25) is 5.91 Å². The predicted octanol–water partition coefficient (Wildman–Crippen LogP) is 3.55. The van der Waals surface area contributed by atoms with Crippen LogP contribution in [0.4, 0.5) is 11.4 Å². The topological polar surface area (TPSA) is 58.4 Å². The molecule has 0 bridgehead atoms. The monoisotopic (exact) mass is 367 g/mol. The molecule has 1 atom stereocenters. The highest BCUT2D eigenvalue weighted by atomic mass is 79.9. The van der Waals surface area contributed by atoms with Gasteiger partial charge in [0.05, 0.1) is 21.2 Å². The number of thiophene rings is 1. The molecule has 4 nitrogen and oxygen atoms in total. The van der Waals surface area contributed by atoms with E-state index in [0.717, 1.165) is 10.3 Å². The fourth-order valence-corrected chi connectivity index (χ4v) is 3.10. The van der Waals surface area contributed by atoms with Gasteiger partial charge in [0.15, 0.2) is 0 Å². The molecule has 1 heterocycles. The number of rotatable bonds is 5. The molecule has 0 saturated carbocycles. The van der Waals surface area contributed by atoms with Crippen LogP contribution in [0.25, 0.3) is 0 Å². The van der Waals surface area contributed by atoms with Crippen molar-refractivity contribution in [1.82, 2.24) is 4.90 Å². The Labute approximate surface area is 137 Å². The zero-order valence-electron chi connectivity index (χ0n) is 12.0. The van der Waals surface area contributed by atoms with Crippen molar-refractivity contribution in [1.29, 1.82) is 0 Å². The van der Waals surface area contributed by atoms with Gasteiger partial charge in [-0.05, 0) is 59.0 Å². The number of anilines is 2. The highest BCUT2D eigenvalue weighted by Gasteiger charge is 2.19. The third kappa shape index (κ3) is 4.30. The van der Waals surface area contributed by atoms with Crippen LogP contribution in [0.5, 0.6) is 0 Å². The van der Waals surface area contributed by atoms with Crippen LogP contribution in [-0.2, 0) is 11.3 Å². The summed E-state index contributed by atoms with van der Waals surface area (Å²) in [5.74, 6) is -0.0651. The molecule has 0 radical (unpaired) electrons. The molecule has 112 valence electrons. The van der Waals surface area contributed by atoms with E-state index in [1.165, 1.54) is 5.56 Å². The van der Waals surface area contributed by atoms with E-state index >= 15 is 0 Å². The number of nitrogens with zero attached hydrogens (tertiary/aromatic N) is 1. The summed E-state index contributed by atoms with van der Waals surface area (Å²) in [7, 11) is 1.93. The van der Waals surface area contributed by atoms with Crippen LogP contribution in [0, 0.1) is 0 Å². The third-order valence-corrected chi connectivity index (χ3v) is 4.87. The Morgan fingerprint density at radius 3 is 2.81 bits per heavy atom. The summed E-state index contributed by atoms with van der Waals surface area (Å²) in [6.45, 7) is 2.61. The van der Waals surface area contributed by atoms with Gasteiger partial charge in [-0.2, -0.15) is 0 Å². The number of hydrogen-bond acceptors (Lipinski definition) is 4. The van der Waals surface area contributed by atoms with Crippen molar-refractivity contribution in [3.05, 3.63) is 45.1 Å². The van der Waals surface area contributed by atoms with Crippen molar-refractivity contribution >= 4 is 44.5 Å². The molecule has 1 unspecified atom stereocenters. The van der Waals surface area contributed by atoms with E-state index in [2.05, 4.69) is 32.7 Å². The van der Waals surface area contributed by atoms with Gasteiger partial charge in [-0.1, -0.05) is 12.1 Å². The molecular formula is C15H18BrN3OS. The number of hydrogen-bond donors (Lipinski definition) is 2. The molecule has 3 N–H and O–H groups in total. The van der Waals surface area contributed by atoms with Crippen molar-refractivity contribution < 1.29 is 4.79 Å². The molecule has 2 rings (SSSR count). The molecule has 21 heavy (non-hydrogen) atoms. The lowest BCUT2D eigenvalue weighted by molar-refractivity contribution is -0.120. The second-order valence-electron chi connectivity index (χ2n) is 4.93. The molecule has 0 spiro atoms. The van der Waals surface area contributed by atoms with E-state index in [1.807, 2.05) is 31.0 Å². The van der Waals surface area contributed by atoms with Gasteiger partial charge < -0.3 is 11.1 Å². The maximum Gasteiger partial charge on any atom is 0.241 e. The Hall–Kier alpha value is -1.37. The summed E-state index contributed by atoms with van der Waals surface area (Å²) in [6, 6.07) is 9.09. The van der Waals surface area contributed by atoms with E-state index in [9.17, 15) is 4.79 Å². The van der Waals surface area contributed by atoms with Crippen molar-refractivity contribution in [2.45, 2.75) is 19.5 Å². The second kappa shape index (κ2) is 7.06. The maximum atomic E-state index is 12.3. The van der Waals surface area contributed by atoms with Crippen molar-refractivity contribution in [2.75, 3.05) is 18.1 Å². The second-order valence-corrected chi connectivity index (χ2v) is 7.22. The number of likely N-dealkylation sites (N-methyl/N-ethyl adjacent to an activating group) is 1. The molecule has 6 heteroatoms. The van der Waals surface area contributed by atoms with E-state index in [0.29, 0.717) is 11.4 Å². The molecule has 1 amide bonds. The number of benzene rings is 1. The standard InChI is InChI=1S/C15H18BrN3OS/c1-10(19(2)8-11-7-14(16)21-9-11)15(20)18-13-6-4-3-5-12(13)17/h3-7,9-10H,8,17H2,1-2H3,(H,18,20). The fourth-order valence-electron chi connectivity index (χ4n) is 1.90. The number of nitrogen functional groups attached to an aromatic ring is 1. The Morgan fingerprint density at radius 2 is 2.19 bits per heavy atom. The minimum atomic E-state index is -0.247. The zero-order chi connectivity index (χ0) is 15.4. The molecule has 0 fully saturated rings. The summed E-state index contributed by atoms with van der Waals surface area (Å²) >= 11 is 5.09. The first-order valence-electron chi connectivity index (χ1n) is 6.56. The van der Waals surface area contributed by atoms with Crippen molar-refractivity contribution in [3.8, 4) is 0 Å². The summed E-state index contributed by atoms with van der Waals surface area (Å²) < 4.78 is 1.10. The Bertz CT molecular complexity index is 629. The largest absolute Gasteiger partial charge is 0.397 e. The van der Waals surface area contributed by atoms with E-state index in [-0.39, 0.29) is 11.9 Å². The molecule has 1 aromatic heterocycles. The molecule has 0 saturated heterocycles. The first-order chi connectivity index (χ1) is 9.97. The van der Waals surface area contributed by atoms with Gasteiger partial charge in [0, 0.05) is 6.54 Å². The maximum absolute atomic E-state index is 12.3. The first-order valence-corrected chi connectivity index (χ1v) is 8.23. The van der Waals surface area contributed by atoms with Crippen molar-refractivity contribution in [2.24, 2.45) is 0 Å². The molecule has 0 aliphatic heterocycles. The Balaban J connectivity index is 1.97. The Morgan fingerprint density at radius 1 is 1.48 bits per heavy atom. The smallest absolute Gasteiger partial charge is 0.241 e. The highest BCUT2D eigenvalue weighted by molar-refractivity contribution is 9.11. The molecule has 0 aliphatic rings. The van der Waals surface area contributed by atoms with Crippen molar-refractivity contribution in [3.63, 3.8) is 0 Å². The SMILES string of the molecule is CC(C(=O)Nc1ccccc1N)N(C)Cc1csc(Br)c1. The number of amides is 1. The van der Waals surface area contributed by atoms with Gasteiger partial charge >= 0.3 is 0 Å². The molecule has 0 aliphatic carbocycles. The summed E-state index contributed by atoms with van der Waals surface area (Å²) in [6.07, 6.45) is 0. The predicted molar refractivity (Wildman–Crippen MR) is 92.4 cm³/mol. The summed E-state index contributed by atoms with van der Waals surface area (Å²) in [5.41, 5.74) is 8.25. The molecule has 1 aromatic carbocycles. The average Bonchev–Trinajstić information content (AvgIpc) is 2.85. The van der Waals surface area contributed by atoms with Crippen LogP contribution in [0.1, 0.15) is 12.5 Å². The summed E-state index contributed by atoms with van der Waals surface area (Å²) in [5, 5.41) is 4.95. The van der Waals surface area contributed by atoms with Gasteiger partial charge in [-0.15, -0.1) is 11.3 Å². The number of carbonyl (C=O) groups excluding carboxylic acids is 1. The van der Waals surface area contributed by atoms with Gasteiger partial charge in [0.1, 0.15) is 0 Å². The van der Waals surface area contributed by atoms with Gasteiger partial charge in [0.25, 0.3) is 0 Å². The Kier molecular flexibility index (Phi) is 5.39. The van der Waals surface area contributed by atoms with E-state index in [4.69, 9.17) is 5.73 Å². The quantitative estimate of drug-likeness (QED) is 0.794. The van der Waals surface area contributed by atoms with Crippen LogP contribution in [-0.4, -0.2) is 23.9 Å². The fraction of sp³-hybridized carbons (Fsp3) is 0.267. The lowest BCUT2D eigenvalue weighted by Gasteiger charge is -2.23. The van der Waals surface area contributed by atoms with Crippen LogP contribution in [0.3, 0.4) is 0 Å². The zero-order valence-corrected chi connectivity index (χ0v) is 14.4. The normalized spacial score (nSPS) is 12.4. The number of halogens is 1. The number of para-hydroxylation sites is 2. The van der Waals surface area contributed by atoms with Gasteiger partial charge in [-0.25, -0.2) is 0 Å². The summed E-state index contributed by atoms with van der Waals surface area (Å²) in [4.78, 5) is 14.3. The minimum absolute atomic E-state index is 0.0651. The van der Waals surface area contributed by atoms with E-state index < -0.39 is 0 Å². The van der Waals surface area contributed by atoms with Crippen LogP contribution in [0.15, 0.2) is 39.5 Å². The molecule has 2 aromatic rings. The lowest BCUT2D eigenvalue weighted by atomic mass is 10.2. The minimum Gasteiger partial charge on any atom is -0.397 e. The number of carbonyl (C=O) groups is 1. The van der Waals surface area contributed by atoms with Crippen LogP contribution < -0.4 is 11.1 Å². The first kappa shape index (κ1) is 16.0. The number of nitrogens with one attached hydrogen (secondary N) is 1. The average molecular weight is 368 g/mol. The van der Waals surface area contributed by atoms with E-state index in [1.54, 1.807) is 23.5 Å².